The summed E-state index contributed by atoms with van der Waals surface area (Å²) in [4.78, 5) is 22.4. The minimum Gasteiger partial charge on any atom is -0.481 e. The SMILES string of the molecule is O=C1Cc2cc(NCC3(C(=O)O)COC3)ccc2N1. The number of carbonyl (C=O) groups excluding carboxylic acids is 1. The number of amides is 1. The highest BCUT2D eigenvalue weighted by atomic mass is 16.5. The minimum absolute atomic E-state index is 0.0125. The maximum absolute atomic E-state index is 11.2. The molecule has 3 N–H and O–H groups in total. The number of aliphatic carboxylic acids is 1. The van der Waals surface area contributed by atoms with Gasteiger partial charge in [0.2, 0.25) is 5.91 Å². The summed E-state index contributed by atoms with van der Waals surface area (Å²) < 4.78 is 5.00. The number of benzene rings is 1. The van der Waals surface area contributed by atoms with Crippen LogP contribution in [0.25, 0.3) is 0 Å². The van der Waals surface area contributed by atoms with Crippen molar-refractivity contribution in [3.63, 3.8) is 0 Å². The molecule has 3 rings (SSSR count). The molecule has 6 nitrogen and oxygen atoms in total. The quantitative estimate of drug-likeness (QED) is 0.743. The minimum atomic E-state index is -0.843. The molecule has 1 aromatic carbocycles. The molecule has 100 valence electrons. The fourth-order valence-electron chi connectivity index (χ4n) is 2.26. The lowest BCUT2D eigenvalue weighted by molar-refractivity contribution is -0.176. The van der Waals surface area contributed by atoms with Crippen LogP contribution in [0.5, 0.6) is 0 Å². The molecule has 1 fully saturated rings. The Morgan fingerprint density at radius 2 is 2.26 bits per heavy atom. The van der Waals surface area contributed by atoms with E-state index in [9.17, 15) is 14.7 Å². The molecule has 0 atom stereocenters. The van der Waals surface area contributed by atoms with Crippen molar-refractivity contribution in [3.05, 3.63) is 23.8 Å². The number of carboxylic acids is 1. The van der Waals surface area contributed by atoms with Gasteiger partial charge in [-0.2, -0.15) is 0 Å². The number of carboxylic acid groups (broad SMARTS) is 1. The molecule has 0 spiro atoms. The molecule has 19 heavy (non-hydrogen) atoms. The number of hydrogen-bond donors (Lipinski definition) is 3. The van der Waals surface area contributed by atoms with Gasteiger partial charge < -0.3 is 20.5 Å². The maximum atomic E-state index is 11.2. The first-order valence-corrected chi connectivity index (χ1v) is 6.07. The summed E-state index contributed by atoms with van der Waals surface area (Å²) in [6.07, 6.45) is 0.373. The van der Waals surface area contributed by atoms with Crippen molar-refractivity contribution in [2.45, 2.75) is 6.42 Å². The van der Waals surface area contributed by atoms with E-state index in [1.165, 1.54) is 0 Å². The number of rotatable bonds is 4. The van der Waals surface area contributed by atoms with Crippen molar-refractivity contribution in [1.82, 2.24) is 0 Å². The van der Waals surface area contributed by atoms with Gasteiger partial charge >= 0.3 is 5.97 Å². The van der Waals surface area contributed by atoms with Gasteiger partial charge in [-0.15, -0.1) is 0 Å². The summed E-state index contributed by atoms with van der Waals surface area (Å²) in [5, 5.41) is 15.0. The first-order valence-electron chi connectivity index (χ1n) is 6.07. The fraction of sp³-hybridized carbons (Fsp3) is 0.385. The molecule has 0 aromatic heterocycles. The first kappa shape index (κ1) is 12.0. The van der Waals surface area contributed by atoms with E-state index in [1.807, 2.05) is 18.2 Å². The zero-order valence-electron chi connectivity index (χ0n) is 10.2. The summed E-state index contributed by atoms with van der Waals surface area (Å²) in [6.45, 7) is 0.795. The number of nitrogens with one attached hydrogen (secondary N) is 2. The number of carbonyl (C=O) groups is 2. The van der Waals surface area contributed by atoms with E-state index in [1.54, 1.807) is 0 Å². The monoisotopic (exact) mass is 262 g/mol. The van der Waals surface area contributed by atoms with Crippen LogP contribution in [0.4, 0.5) is 11.4 Å². The second kappa shape index (κ2) is 4.24. The molecule has 1 amide bonds. The first-order chi connectivity index (χ1) is 9.09. The van der Waals surface area contributed by atoms with Crippen molar-refractivity contribution in [2.24, 2.45) is 5.41 Å². The lowest BCUT2D eigenvalue weighted by atomic mass is 9.86. The van der Waals surface area contributed by atoms with Crippen LogP contribution in [0.15, 0.2) is 18.2 Å². The average molecular weight is 262 g/mol. The highest BCUT2D eigenvalue weighted by molar-refractivity contribution is 5.99. The van der Waals surface area contributed by atoms with E-state index in [-0.39, 0.29) is 19.1 Å². The fourth-order valence-corrected chi connectivity index (χ4v) is 2.26. The van der Waals surface area contributed by atoms with Crippen molar-refractivity contribution in [1.29, 1.82) is 0 Å². The predicted molar refractivity (Wildman–Crippen MR) is 68.2 cm³/mol. The van der Waals surface area contributed by atoms with Crippen molar-refractivity contribution < 1.29 is 19.4 Å². The zero-order chi connectivity index (χ0) is 13.5. The van der Waals surface area contributed by atoms with Crippen LogP contribution in [0.2, 0.25) is 0 Å². The van der Waals surface area contributed by atoms with Crippen molar-refractivity contribution >= 4 is 23.3 Å². The van der Waals surface area contributed by atoms with Gasteiger partial charge in [-0.1, -0.05) is 0 Å². The molecule has 0 radical (unpaired) electrons. The number of anilines is 2. The van der Waals surface area contributed by atoms with Crippen LogP contribution < -0.4 is 10.6 Å². The van der Waals surface area contributed by atoms with Gasteiger partial charge in [0, 0.05) is 17.9 Å². The Labute approximate surface area is 109 Å². The Kier molecular flexibility index (Phi) is 2.67. The number of ether oxygens (including phenoxy) is 1. The Bertz CT molecular complexity index is 552. The zero-order valence-corrected chi connectivity index (χ0v) is 10.2. The Morgan fingerprint density at radius 1 is 1.47 bits per heavy atom. The molecule has 0 bridgehead atoms. The summed E-state index contributed by atoms with van der Waals surface area (Å²) in [6, 6.07) is 5.54. The summed E-state index contributed by atoms with van der Waals surface area (Å²) in [7, 11) is 0. The summed E-state index contributed by atoms with van der Waals surface area (Å²) in [5.41, 5.74) is 1.76. The van der Waals surface area contributed by atoms with Crippen molar-refractivity contribution in [3.8, 4) is 0 Å². The van der Waals surface area contributed by atoms with Crippen LogP contribution in [-0.4, -0.2) is 36.7 Å². The largest absolute Gasteiger partial charge is 0.481 e. The molecular formula is C13H14N2O4. The van der Waals surface area contributed by atoms with Crippen molar-refractivity contribution in [2.75, 3.05) is 30.4 Å². The molecule has 1 saturated heterocycles. The summed E-state index contributed by atoms with van der Waals surface area (Å²) in [5.74, 6) is -0.856. The van der Waals surface area contributed by atoms with E-state index in [2.05, 4.69) is 10.6 Å². The Morgan fingerprint density at radius 3 is 2.89 bits per heavy atom. The molecule has 1 aromatic rings. The second-order valence-electron chi connectivity index (χ2n) is 5.03. The van der Waals surface area contributed by atoms with E-state index in [0.29, 0.717) is 13.0 Å². The molecule has 2 aliphatic heterocycles. The highest BCUT2D eigenvalue weighted by Gasteiger charge is 2.46. The predicted octanol–water partition coefficient (Wildman–Crippen LogP) is 0.694. The lowest BCUT2D eigenvalue weighted by Crippen LogP contribution is -2.53. The Hall–Kier alpha value is -2.08. The van der Waals surface area contributed by atoms with Gasteiger partial charge in [0.05, 0.1) is 19.6 Å². The Balaban J connectivity index is 1.70. The number of fused-ring (bicyclic) bond motifs is 1. The third-order valence-electron chi connectivity index (χ3n) is 3.57. The van der Waals surface area contributed by atoms with E-state index in [0.717, 1.165) is 16.9 Å². The molecule has 0 unspecified atom stereocenters. The molecule has 0 aliphatic carbocycles. The third-order valence-corrected chi connectivity index (χ3v) is 3.57. The van der Waals surface area contributed by atoms with Gasteiger partial charge in [-0.25, -0.2) is 0 Å². The van der Waals surface area contributed by atoms with Gasteiger partial charge in [0.25, 0.3) is 0 Å². The lowest BCUT2D eigenvalue weighted by Gasteiger charge is -2.37. The van der Waals surface area contributed by atoms with Gasteiger partial charge in [-0.3, -0.25) is 9.59 Å². The van der Waals surface area contributed by atoms with Crippen LogP contribution >= 0.6 is 0 Å². The highest BCUT2D eigenvalue weighted by Crippen LogP contribution is 2.30. The van der Waals surface area contributed by atoms with Crippen LogP contribution in [0.1, 0.15) is 5.56 Å². The molecular weight excluding hydrogens is 248 g/mol. The molecule has 2 heterocycles. The van der Waals surface area contributed by atoms with E-state index < -0.39 is 11.4 Å². The van der Waals surface area contributed by atoms with Crippen LogP contribution in [-0.2, 0) is 20.7 Å². The summed E-state index contributed by atoms with van der Waals surface area (Å²) >= 11 is 0. The molecule has 6 heteroatoms. The van der Waals surface area contributed by atoms with Crippen LogP contribution in [0, 0.1) is 5.41 Å². The topological polar surface area (TPSA) is 87.7 Å². The van der Waals surface area contributed by atoms with E-state index >= 15 is 0 Å². The second-order valence-corrected chi connectivity index (χ2v) is 5.03. The normalized spacial score (nSPS) is 19.3. The standard InChI is InChI=1S/C13H14N2O4/c16-11-4-8-3-9(1-2-10(8)15-11)14-5-13(12(17)18)6-19-7-13/h1-3,14H,4-7H2,(H,15,16)(H,17,18). The number of hydrogen-bond acceptors (Lipinski definition) is 4. The van der Waals surface area contributed by atoms with E-state index in [4.69, 9.17) is 4.74 Å². The smallest absolute Gasteiger partial charge is 0.316 e. The average Bonchev–Trinajstić information content (AvgIpc) is 2.66. The molecule has 2 aliphatic rings. The van der Waals surface area contributed by atoms with Gasteiger partial charge in [-0.05, 0) is 23.8 Å². The van der Waals surface area contributed by atoms with Gasteiger partial charge in [0.15, 0.2) is 0 Å². The maximum Gasteiger partial charge on any atom is 0.316 e. The van der Waals surface area contributed by atoms with Gasteiger partial charge in [0.1, 0.15) is 5.41 Å². The molecule has 0 saturated carbocycles. The third kappa shape index (κ3) is 2.04. The van der Waals surface area contributed by atoms with Crippen LogP contribution in [0.3, 0.4) is 0 Å².